The molecule has 5 nitrogen and oxygen atoms in total. The number of pyridine rings is 1. The standard InChI is InChI=1S/C17H16N2O3/c20-17(16-8-4-5-11-18-16)12-15(13-19(21)22)10-9-14-6-2-1-3-7-14/h1-11,15H,12-13H2/b10-9+. The smallest absolute Gasteiger partial charge is 0.210 e. The first kappa shape index (κ1) is 15.6. The quantitative estimate of drug-likeness (QED) is 0.446. The number of ketones is 1. The highest BCUT2D eigenvalue weighted by molar-refractivity contribution is 5.94. The van der Waals surface area contributed by atoms with Crippen molar-refractivity contribution in [3.63, 3.8) is 0 Å². The van der Waals surface area contributed by atoms with Crippen molar-refractivity contribution in [3.05, 3.63) is 82.2 Å². The summed E-state index contributed by atoms with van der Waals surface area (Å²) >= 11 is 0. The van der Waals surface area contributed by atoms with E-state index in [-0.39, 0.29) is 18.7 Å². The Hall–Kier alpha value is -2.82. The van der Waals surface area contributed by atoms with Crippen LogP contribution in [0.5, 0.6) is 0 Å². The zero-order chi connectivity index (χ0) is 15.8. The largest absolute Gasteiger partial charge is 0.292 e. The lowest BCUT2D eigenvalue weighted by molar-refractivity contribution is -0.485. The molecule has 0 N–H and O–H groups in total. The molecule has 0 spiro atoms. The number of Topliss-reactive ketones (excluding diaryl/α,β-unsaturated/α-hetero) is 1. The Morgan fingerprint density at radius 3 is 2.55 bits per heavy atom. The number of nitrogens with zero attached hydrogens (tertiary/aromatic N) is 2. The molecule has 1 aromatic carbocycles. The average Bonchev–Trinajstić information content (AvgIpc) is 2.54. The van der Waals surface area contributed by atoms with Crippen molar-refractivity contribution < 1.29 is 9.72 Å². The van der Waals surface area contributed by atoms with E-state index in [0.29, 0.717) is 5.69 Å². The zero-order valence-corrected chi connectivity index (χ0v) is 12.0. The molecule has 0 saturated carbocycles. The maximum atomic E-state index is 12.1. The molecule has 0 bridgehead atoms. The summed E-state index contributed by atoms with van der Waals surface area (Å²) in [5, 5.41) is 10.8. The predicted octanol–water partition coefficient (Wildman–Crippen LogP) is 3.26. The second-order valence-electron chi connectivity index (χ2n) is 4.89. The number of hydrogen-bond acceptors (Lipinski definition) is 4. The monoisotopic (exact) mass is 296 g/mol. The van der Waals surface area contributed by atoms with Gasteiger partial charge in [0.15, 0.2) is 5.78 Å². The Kier molecular flexibility index (Phi) is 5.54. The maximum absolute atomic E-state index is 12.1. The van der Waals surface area contributed by atoms with Crippen LogP contribution in [0.15, 0.2) is 60.8 Å². The molecule has 2 aromatic rings. The van der Waals surface area contributed by atoms with E-state index in [1.807, 2.05) is 30.3 Å². The van der Waals surface area contributed by atoms with Gasteiger partial charge in [-0.05, 0) is 17.7 Å². The van der Waals surface area contributed by atoms with E-state index in [9.17, 15) is 14.9 Å². The lowest BCUT2D eigenvalue weighted by Crippen LogP contribution is -2.17. The first-order chi connectivity index (χ1) is 10.6. The Morgan fingerprint density at radius 1 is 1.18 bits per heavy atom. The summed E-state index contributed by atoms with van der Waals surface area (Å²) in [7, 11) is 0. The molecule has 1 heterocycles. The van der Waals surface area contributed by atoms with E-state index in [2.05, 4.69) is 4.98 Å². The average molecular weight is 296 g/mol. The number of nitro groups is 1. The van der Waals surface area contributed by atoms with Gasteiger partial charge >= 0.3 is 0 Å². The lowest BCUT2D eigenvalue weighted by Gasteiger charge is -2.07. The first-order valence-electron chi connectivity index (χ1n) is 6.94. The summed E-state index contributed by atoms with van der Waals surface area (Å²) in [6.45, 7) is -0.276. The summed E-state index contributed by atoms with van der Waals surface area (Å²) < 4.78 is 0. The first-order valence-corrected chi connectivity index (χ1v) is 6.94. The molecule has 0 aliphatic heterocycles. The highest BCUT2D eigenvalue weighted by Crippen LogP contribution is 2.13. The van der Waals surface area contributed by atoms with Gasteiger partial charge in [0.25, 0.3) is 0 Å². The third-order valence-electron chi connectivity index (χ3n) is 3.14. The molecule has 0 radical (unpaired) electrons. The van der Waals surface area contributed by atoms with E-state index in [1.165, 1.54) is 6.20 Å². The second kappa shape index (κ2) is 7.83. The van der Waals surface area contributed by atoms with Crippen molar-refractivity contribution in [3.8, 4) is 0 Å². The lowest BCUT2D eigenvalue weighted by atomic mass is 9.99. The van der Waals surface area contributed by atoms with Crippen molar-refractivity contribution in [1.82, 2.24) is 4.98 Å². The highest BCUT2D eigenvalue weighted by Gasteiger charge is 2.18. The molecule has 0 aliphatic rings. The van der Waals surface area contributed by atoms with E-state index in [1.54, 1.807) is 30.4 Å². The van der Waals surface area contributed by atoms with Gasteiger partial charge in [0.2, 0.25) is 6.54 Å². The number of hydrogen-bond donors (Lipinski definition) is 0. The molecule has 1 unspecified atom stereocenters. The van der Waals surface area contributed by atoms with Crippen molar-refractivity contribution in [1.29, 1.82) is 0 Å². The molecule has 0 amide bonds. The molecule has 5 heteroatoms. The van der Waals surface area contributed by atoms with Crippen LogP contribution in [0.4, 0.5) is 0 Å². The van der Waals surface area contributed by atoms with E-state index in [4.69, 9.17) is 0 Å². The third-order valence-corrected chi connectivity index (χ3v) is 3.14. The molecule has 0 saturated heterocycles. The van der Waals surface area contributed by atoms with Crippen molar-refractivity contribution >= 4 is 11.9 Å². The van der Waals surface area contributed by atoms with Gasteiger partial charge in [0.1, 0.15) is 5.69 Å². The number of carbonyl (C=O) groups excluding carboxylic acids is 1. The van der Waals surface area contributed by atoms with Crippen LogP contribution in [0.1, 0.15) is 22.5 Å². The van der Waals surface area contributed by atoms with Gasteiger partial charge < -0.3 is 0 Å². The van der Waals surface area contributed by atoms with Crippen molar-refractivity contribution in [2.45, 2.75) is 6.42 Å². The van der Waals surface area contributed by atoms with Gasteiger partial charge in [-0.1, -0.05) is 48.6 Å². The van der Waals surface area contributed by atoms with Crippen LogP contribution in [0, 0.1) is 16.0 Å². The van der Waals surface area contributed by atoms with Gasteiger partial charge in [-0.15, -0.1) is 0 Å². The minimum atomic E-state index is -0.454. The topological polar surface area (TPSA) is 73.1 Å². The third kappa shape index (κ3) is 4.94. The van der Waals surface area contributed by atoms with Crippen LogP contribution in [0.2, 0.25) is 0 Å². The summed E-state index contributed by atoms with van der Waals surface area (Å²) in [5.41, 5.74) is 1.28. The molecule has 0 aliphatic carbocycles. The van der Waals surface area contributed by atoms with Crippen LogP contribution in [0.25, 0.3) is 6.08 Å². The fourth-order valence-corrected chi connectivity index (χ4v) is 2.07. The summed E-state index contributed by atoms with van der Waals surface area (Å²) in [6.07, 6.45) is 5.13. The number of carbonyl (C=O) groups is 1. The second-order valence-corrected chi connectivity index (χ2v) is 4.89. The fourth-order valence-electron chi connectivity index (χ4n) is 2.07. The normalized spacial score (nSPS) is 12.2. The van der Waals surface area contributed by atoms with Gasteiger partial charge in [0.05, 0.1) is 0 Å². The molecular weight excluding hydrogens is 280 g/mol. The fraction of sp³-hybridized carbons (Fsp3) is 0.176. The maximum Gasteiger partial charge on any atom is 0.210 e. The molecule has 2 rings (SSSR count). The Labute approximate surface area is 128 Å². The summed E-state index contributed by atoms with van der Waals surface area (Å²) in [5.74, 6) is -0.644. The predicted molar refractivity (Wildman–Crippen MR) is 84.0 cm³/mol. The number of aromatic nitrogens is 1. The Bertz CT molecular complexity index is 654. The van der Waals surface area contributed by atoms with Crippen LogP contribution >= 0.6 is 0 Å². The van der Waals surface area contributed by atoms with Crippen LogP contribution < -0.4 is 0 Å². The molecule has 22 heavy (non-hydrogen) atoms. The van der Waals surface area contributed by atoms with Gasteiger partial charge in [-0.25, -0.2) is 0 Å². The molecule has 1 atom stereocenters. The number of benzene rings is 1. The highest BCUT2D eigenvalue weighted by atomic mass is 16.6. The molecule has 0 fully saturated rings. The van der Waals surface area contributed by atoms with Gasteiger partial charge in [-0.3, -0.25) is 19.9 Å². The van der Waals surface area contributed by atoms with Crippen molar-refractivity contribution in [2.75, 3.05) is 6.54 Å². The van der Waals surface area contributed by atoms with Crippen LogP contribution in [0.3, 0.4) is 0 Å². The SMILES string of the molecule is O=C(CC(/C=C/c1ccccc1)C[N+](=O)[O-])c1ccccn1. The molecule has 112 valence electrons. The minimum Gasteiger partial charge on any atom is -0.292 e. The van der Waals surface area contributed by atoms with Crippen LogP contribution in [-0.2, 0) is 0 Å². The minimum absolute atomic E-state index is 0.0708. The van der Waals surface area contributed by atoms with Gasteiger partial charge in [0, 0.05) is 23.5 Å². The van der Waals surface area contributed by atoms with E-state index < -0.39 is 10.8 Å². The Balaban J connectivity index is 2.08. The molecular formula is C17H16N2O3. The van der Waals surface area contributed by atoms with Crippen LogP contribution in [-0.4, -0.2) is 22.2 Å². The Morgan fingerprint density at radius 2 is 1.91 bits per heavy atom. The van der Waals surface area contributed by atoms with E-state index >= 15 is 0 Å². The van der Waals surface area contributed by atoms with Gasteiger partial charge in [-0.2, -0.15) is 0 Å². The molecule has 1 aromatic heterocycles. The summed E-state index contributed by atoms with van der Waals surface area (Å²) in [6, 6.07) is 14.6. The van der Waals surface area contributed by atoms with Crippen molar-refractivity contribution in [2.24, 2.45) is 5.92 Å². The summed E-state index contributed by atoms with van der Waals surface area (Å²) in [4.78, 5) is 26.5. The zero-order valence-electron chi connectivity index (χ0n) is 12.0. The van der Waals surface area contributed by atoms with E-state index in [0.717, 1.165) is 5.56 Å². The number of rotatable bonds is 7.